The molecule has 0 radical (unpaired) electrons. The van der Waals surface area contributed by atoms with Gasteiger partial charge in [-0.3, -0.25) is 0 Å². The first kappa shape index (κ1) is 17.9. The maximum Gasteiger partial charge on any atom is 0.174 e. The third kappa shape index (κ3) is 4.39. The minimum Gasteiger partial charge on any atom is -0.467 e. The molecular weight excluding hydrogens is 379 g/mol. The van der Waals surface area contributed by atoms with Crippen molar-refractivity contribution in [2.24, 2.45) is 0 Å². The number of nitrogens with one attached hydrogen (secondary N) is 1. The molecule has 0 saturated heterocycles. The van der Waals surface area contributed by atoms with Gasteiger partial charge in [0.05, 0.1) is 24.4 Å². The van der Waals surface area contributed by atoms with Crippen LogP contribution >= 0.6 is 35.2 Å². The number of hydrogen-bond acceptors (Lipinski definition) is 3. The highest BCUT2D eigenvalue weighted by atomic mass is 35.5. The Kier molecular flexibility index (Phi) is 5.73. The molecule has 25 heavy (non-hydrogen) atoms. The fourth-order valence-electron chi connectivity index (χ4n) is 2.31. The van der Waals surface area contributed by atoms with Crippen molar-refractivity contribution in [2.75, 3.05) is 4.90 Å². The minimum atomic E-state index is -0.452. The van der Waals surface area contributed by atoms with Gasteiger partial charge in [0.15, 0.2) is 5.11 Å². The van der Waals surface area contributed by atoms with E-state index in [1.54, 1.807) is 29.7 Å². The van der Waals surface area contributed by atoms with Crippen molar-refractivity contribution >= 4 is 46.0 Å². The van der Waals surface area contributed by atoms with Crippen molar-refractivity contribution in [1.29, 1.82) is 0 Å². The summed E-state index contributed by atoms with van der Waals surface area (Å²) in [6, 6.07) is 10.4. The van der Waals surface area contributed by atoms with Gasteiger partial charge in [-0.25, -0.2) is 4.39 Å². The van der Waals surface area contributed by atoms with Gasteiger partial charge in [0.1, 0.15) is 11.6 Å². The van der Waals surface area contributed by atoms with Crippen LogP contribution in [-0.2, 0) is 13.1 Å². The van der Waals surface area contributed by atoms with Crippen LogP contribution in [0.25, 0.3) is 0 Å². The number of thiocarbonyl (C=S) groups is 1. The van der Waals surface area contributed by atoms with E-state index in [0.717, 1.165) is 11.4 Å². The quantitative estimate of drug-likeness (QED) is 0.576. The van der Waals surface area contributed by atoms with Crippen LogP contribution in [0, 0.1) is 12.7 Å². The van der Waals surface area contributed by atoms with Gasteiger partial charge in [0, 0.05) is 10.6 Å². The summed E-state index contributed by atoms with van der Waals surface area (Å²) in [6.45, 7) is 3.11. The second-order valence-electron chi connectivity index (χ2n) is 5.45. The van der Waals surface area contributed by atoms with E-state index in [1.165, 1.54) is 16.5 Å². The van der Waals surface area contributed by atoms with Crippen LogP contribution in [0.1, 0.15) is 16.2 Å². The molecule has 0 aliphatic heterocycles. The zero-order valence-electron chi connectivity index (χ0n) is 13.5. The van der Waals surface area contributed by atoms with Gasteiger partial charge < -0.3 is 14.6 Å². The summed E-state index contributed by atoms with van der Waals surface area (Å²) in [6.07, 6.45) is 1.62. The molecule has 0 amide bonds. The standard InChI is InChI=1S/C18H16ClFN2OS2/c1-12-6-8-25-17(12)11-22(13-4-5-16(20)15(19)9-13)18(24)21-10-14-3-2-7-23-14/h2-9H,10-11H2,1H3,(H,21,24). The monoisotopic (exact) mass is 394 g/mol. The van der Waals surface area contributed by atoms with E-state index in [-0.39, 0.29) is 5.02 Å². The molecule has 1 N–H and O–H groups in total. The average molecular weight is 395 g/mol. The van der Waals surface area contributed by atoms with Gasteiger partial charge in [0.25, 0.3) is 0 Å². The van der Waals surface area contributed by atoms with Gasteiger partial charge in [-0.05, 0) is 66.5 Å². The number of benzene rings is 1. The second kappa shape index (κ2) is 7.99. The van der Waals surface area contributed by atoms with Gasteiger partial charge in [0.2, 0.25) is 0 Å². The lowest BCUT2D eigenvalue weighted by atomic mass is 10.2. The van der Waals surface area contributed by atoms with E-state index in [1.807, 2.05) is 22.4 Å². The highest BCUT2D eigenvalue weighted by molar-refractivity contribution is 7.80. The average Bonchev–Trinajstić information content (AvgIpc) is 3.25. The van der Waals surface area contributed by atoms with Crippen molar-refractivity contribution in [3.05, 3.63) is 75.1 Å². The van der Waals surface area contributed by atoms with E-state index >= 15 is 0 Å². The van der Waals surface area contributed by atoms with Crippen molar-refractivity contribution in [3.63, 3.8) is 0 Å². The maximum atomic E-state index is 13.5. The smallest absolute Gasteiger partial charge is 0.174 e. The molecule has 0 bridgehead atoms. The third-order valence-electron chi connectivity index (χ3n) is 3.72. The van der Waals surface area contributed by atoms with Crippen LogP contribution in [0.2, 0.25) is 5.02 Å². The Labute approximate surface area is 160 Å². The second-order valence-corrected chi connectivity index (χ2v) is 7.24. The maximum absolute atomic E-state index is 13.5. The Hall–Kier alpha value is -1.89. The molecule has 2 heterocycles. The Balaban J connectivity index is 1.83. The van der Waals surface area contributed by atoms with Crippen molar-refractivity contribution in [3.8, 4) is 0 Å². The molecule has 2 aromatic heterocycles. The highest BCUT2D eigenvalue weighted by Gasteiger charge is 2.16. The normalized spacial score (nSPS) is 10.7. The van der Waals surface area contributed by atoms with Gasteiger partial charge in [-0.2, -0.15) is 0 Å². The van der Waals surface area contributed by atoms with E-state index < -0.39 is 5.82 Å². The third-order valence-corrected chi connectivity index (χ3v) is 5.39. The van der Waals surface area contributed by atoms with Crippen molar-refractivity contribution in [2.45, 2.75) is 20.0 Å². The van der Waals surface area contributed by atoms with Gasteiger partial charge in [-0.1, -0.05) is 11.6 Å². The number of halogens is 2. The van der Waals surface area contributed by atoms with E-state index in [0.29, 0.717) is 18.2 Å². The molecule has 3 aromatic rings. The first-order valence-electron chi connectivity index (χ1n) is 7.60. The Bertz CT molecular complexity index is 864. The van der Waals surface area contributed by atoms with E-state index in [9.17, 15) is 4.39 Å². The SMILES string of the molecule is Cc1ccsc1CN(C(=S)NCc1ccco1)c1ccc(F)c(Cl)c1. The minimum absolute atomic E-state index is 0.0687. The first-order valence-corrected chi connectivity index (χ1v) is 9.27. The van der Waals surface area contributed by atoms with Crippen LogP contribution in [0.5, 0.6) is 0 Å². The lowest BCUT2D eigenvalue weighted by Gasteiger charge is -2.26. The number of rotatable bonds is 5. The molecule has 0 atom stereocenters. The number of nitrogens with zero attached hydrogens (tertiary/aromatic N) is 1. The number of thiophene rings is 1. The van der Waals surface area contributed by atoms with Crippen LogP contribution < -0.4 is 10.2 Å². The Morgan fingerprint density at radius 1 is 1.36 bits per heavy atom. The van der Waals surface area contributed by atoms with E-state index in [2.05, 4.69) is 18.3 Å². The van der Waals surface area contributed by atoms with Crippen molar-refractivity contribution < 1.29 is 8.81 Å². The van der Waals surface area contributed by atoms with Gasteiger partial charge >= 0.3 is 0 Å². The summed E-state index contributed by atoms with van der Waals surface area (Å²) in [4.78, 5) is 3.09. The van der Waals surface area contributed by atoms with Crippen molar-refractivity contribution in [1.82, 2.24) is 5.32 Å². The lowest BCUT2D eigenvalue weighted by molar-refractivity contribution is 0.503. The molecule has 0 spiro atoms. The number of hydrogen-bond donors (Lipinski definition) is 1. The molecule has 0 aliphatic carbocycles. The fourth-order valence-corrected chi connectivity index (χ4v) is 3.63. The lowest BCUT2D eigenvalue weighted by Crippen LogP contribution is -2.39. The fraction of sp³-hybridized carbons (Fsp3) is 0.167. The summed E-state index contributed by atoms with van der Waals surface area (Å²) >= 11 is 13.2. The van der Waals surface area contributed by atoms with E-state index in [4.69, 9.17) is 28.2 Å². The first-order chi connectivity index (χ1) is 12.0. The molecule has 3 nitrogen and oxygen atoms in total. The summed E-state index contributed by atoms with van der Waals surface area (Å²) in [5, 5.41) is 5.81. The molecule has 1 aromatic carbocycles. The van der Waals surface area contributed by atoms with Crippen LogP contribution in [0.4, 0.5) is 10.1 Å². The molecule has 3 rings (SSSR count). The number of aryl methyl sites for hydroxylation is 1. The molecule has 0 fully saturated rings. The zero-order valence-corrected chi connectivity index (χ0v) is 15.8. The van der Waals surface area contributed by atoms with Gasteiger partial charge in [-0.15, -0.1) is 11.3 Å². The predicted molar refractivity (Wildman–Crippen MR) is 105 cm³/mol. The molecule has 7 heteroatoms. The molecule has 130 valence electrons. The molecular formula is C18H16ClFN2OS2. The van der Waals surface area contributed by atoms with Crippen LogP contribution in [0.15, 0.2) is 52.5 Å². The summed E-state index contributed by atoms with van der Waals surface area (Å²) in [7, 11) is 0. The zero-order chi connectivity index (χ0) is 17.8. The Morgan fingerprint density at radius 2 is 2.20 bits per heavy atom. The molecule has 0 unspecified atom stereocenters. The van der Waals surface area contributed by atoms with Crippen LogP contribution in [-0.4, -0.2) is 5.11 Å². The summed E-state index contributed by atoms with van der Waals surface area (Å²) in [5.74, 6) is 0.332. The summed E-state index contributed by atoms with van der Waals surface area (Å²) < 4.78 is 18.8. The highest BCUT2D eigenvalue weighted by Crippen LogP contribution is 2.26. The Morgan fingerprint density at radius 3 is 2.84 bits per heavy atom. The molecule has 0 saturated carbocycles. The number of anilines is 1. The predicted octanol–water partition coefficient (Wildman–Crippen LogP) is 5.52. The molecule has 0 aliphatic rings. The largest absolute Gasteiger partial charge is 0.467 e. The summed E-state index contributed by atoms with van der Waals surface area (Å²) in [5.41, 5.74) is 1.92. The van der Waals surface area contributed by atoms with Crippen LogP contribution in [0.3, 0.4) is 0 Å². The topological polar surface area (TPSA) is 28.4 Å². The number of furan rings is 1.